The van der Waals surface area contributed by atoms with E-state index in [0.717, 1.165) is 19.3 Å². The van der Waals surface area contributed by atoms with E-state index < -0.39 is 0 Å². The van der Waals surface area contributed by atoms with Crippen LogP contribution in [0, 0.1) is 11.7 Å². The first-order valence-corrected chi connectivity index (χ1v) is 6.34. The van der Waals surface area contributed by atoms with Gasteiger partial charge in [0.05, 0.1) is 4.99 Å². The van der Waals surface area contributed by atoms with Crippen LogP contribution in [0.1, 0.15) is 29.6 Å². The SMILES string of the molecule is NC(=S)C1CCCC1NC(=O)c1ccc(F)cc1. The highest BCUT2D eigenvalue weighted by Crippen LogP contribution is 2.26. The molecule has 0 radical (unpaired) electrons. The predicted octanol–water partition coefficient (Wildman–Crippen LogP) is 2.01. The molecule has 0 aliphatic heterocycles. The summed E-state index contributed by atoms with van der Waals surface area (Å²) in [5, 5.41) is 2.92. The molecule has 1 aromatic rings. The van der Waals surface area contributed by atoms with Crippen molar-refractivity contribution in [1.82, 2.24) is 5.32 Å². The lowest BCUT2D eigenvalue weighted by Gasteiger charge is -2.19. The lowest BCUT2D eigenvalue weighted by Crippen LogP contribution is -2.41. The van der Waals surface area contributed by atoms with Crippen molar-refractivity contribution in [2.24, 2.45) is 11.7 Å². The van der Waals surface area contributed by atoms with Gasteiger partial charge in [0.15, 0.2) is 0 Å². The third-order valence-corrected chi connectivity index (χ3v) is 3.61. The normalized spacial score (nSPS) is 22.7. The molecular weight excluding hydrogens is 251 g/mol. The number of rotatable bonds is 3. The van der Waals surface area contributed by atoms with Gasteiger partial charge in [-0.3, -0.25) is 4.79 Å². The molecule has 0 heterocycles. The average molecular weight is 266 g/mol. The Morgan fingerprint density at radius 2 is 2.00 bits per heavy atom. The first-order valence-electron chi connectivity index (χ1n) is 5.93. The molecule has 96 valence electrons. The van der Waals surface area contributed by atoms with Gasteiger partial charge in [0, 0.05) is 17.5 Å². The smallest absolute Gasteiger partial charge is 0.251 e. The summed E-state index contributed by atoms with van der Waals surface area (Å²) in [6.07, 6.45) is 2.81. The van der Waals surface area contributed by atoms with E-state index in [0.29, 0.717) is 10.6 Å². The topological polar surface area (TPSA) is 55.1 Å². The molecule has 18 heavy (non-hydrogen) atoms. The second kappa shape index (κ2) is 5.44. The van der Waals surface area contributed by atoms with Crippen LogP contribution in [-0.4, -0.2) is 16.9 Å². The summed E-state index contributed by atoms with van der Waals surface area (Å²) in [5.41, 5.74) is 6.10. The van der Waals surface area contributed by atoms with Crippen molar-refractivity contribution in [2.75, 3.05) is 0 Å². The molecule has 3 nitrogen and oxygen atoms in total. The molecule has 5 heteroatoms. The highest BCUT2D eigenvalue weighted by molar-refractivity contribution is 7.80. The number of amides is 1. The van der Waals surface area contributed by atoms with Crippen LogP contribution in [0.4, 0.5) is 4.39 Å². The quantitative estimate of drug-likeness (QED) is 0.823. The zero-order valence-corrected chi connectivity index (χ0v) is 10.7. The Labute approximate surface area is 111 Å². The Hall–Kier alpha value is -1.49. The van der Waals surface area contributed by atoms with Gasteiger partial charge in [-0.25, -0.2) is 4.39 Å². The summed E-state index contributed by atoms with van der Waals surface area (Å²) in [5.74, 6) is -0.485. The molecule has 1 amide bonds. The summed E-state index contributed by atoms with van der Waals surface area (Å²) >= 11 is 5.00. The number of hydrogen-bond donors (Lipinski definition) is 2. The summed E-state index contributed by atoms with van der Waals surface area (Å²) in [4.78, 5) is 12.4. The van der Waals surface area contributed by atoms with Crippen molar-refractivity contribution in [3.8, 4) is 0 Å². The molecule has 0 saturated heterocycles. The highest BCUT2D eigenvalue weighted by atomic mass is 32.1. The zero-order chi connectivity index (χ0) is 13.1. The van der Waals surface area contributed by atoms with Crippen LogP contribution in [0.25, 0.3) is 0 Å². The lowest BCUT2D eigenvalue weighted by atomic mass is 10.0. The molecule has 0 spiro atoms. The van der Waals surface area contributed by atoms with Crippen molar-refractivity contribution in [3.63, 3.8) is 0 Å². The van der Waals surface area contributed by atoms with Crippen LogP contribution >= 0.6 is 12.2 Å². The van der Waals surface area contributed by atoms with Gasteiger partial charge >= 0.3 is 0 Å². The third kappa shape index (κ3) is 2.85. The molecular formula is C13H15FN2OS. The maximum atomic E-state index is 12.8. The average Bonchev–Trinajstić information content (AvgIpc) is 2.78. The zero-order valence-electron chi connectivity index (χ0n) is 9.86. The third-order valence-electron chi connectivity index (χ3n) is 3.30. The second-order valence-electron chi connectivity index (χ2n) is 4.53. The molecule has 2 unspecified atom stereocenters. The molecule has 1 aliphatic carbocycles. The summed E-state index contributed by atoms with van der Waals surface area (Å²) in [7, 11) is 0. The molecule has 1 aliphatic rings. The van der Waals surface area contributed by atoms with Crippen LogP contribution in [-0.2, 0) is 0 Å². The van der Waals surface area contributed by atoms with Crippen LogP contribution in [0.15, 0.2) is 24.3 Å². The molecule has 2 rings (SSSR count). The van der Waals surface area contributed by atoms with E-state index in [2.05, 4.69) is 5.32 Å². The van der Waals surface area contributed by atoms with Crippen molar-refractivity contribution in [2.45, 2.75) is 25.3 Å². The molecule has 1 aromatic carbocycles. The van der Waals surface area contributed by atoms with Gasteiger partial charge < -0.3 is 11.1 Å². The standard InChI is InChI=1S/C13H15FN2OS/c14-9-6-4-8(5-7-9)13(17)16-11-3-1-2-10(11)12(15)18/h4-7,10-11H,1-3H2,(H2,15,18)(H,16,17). The van der Waals surface area contributed by atoms with Crippen molar-refractivity contribution in [3.05, 3.63) is 35.6 Å². The lowest BCUT2D eigenvalue weighted by molar-refractivity contribution is 0.0934. The van der Waals surface area contributed by atoms with E-state index in [1.165, 1.54) is 24.3 Å². The van der Waals surface area contributed by atoms with Crippen molar-refractivity contribution >= 4 is 23.1 Å². The van der Waals surface area contributed by atoms with Crippen LogP contribution in [0.5, 0.6) is 0 Å². The Morgan fingerprint density at radius 3 is 2.61 bits per heavy atom. The Morgan fingerprint density at radius 1 is 1.33 bits per heavy atom. The molecule has 0 bridgehead atoms. The summed E-state index contributed by atoms with van der Waals surface area (Å²) < 4.78 is 12.8. The summed E-state index contributed by atoms with van der Waals surface area (Å²) in [6.45, 7) is 0. The van der Waals surface area contributed by atoms with Gasteiger partial charge in [0.1, 0.15) is 5.82 Å². The van der Waals surface area contributed by atoms with Gasteiger partial charge in [-0.2, -0.15) is 0 Å². The Bertz CT molecular complexity index is 461. The maximum absolute atomic E-state index is 12.8. The first-order chi connectivity index (χ1) is 8.58. The number of carbonyl (C=O) groups excluding carboxylic acids is 1. The molecule has 3 N–H and O–H groups in total. The van der Waals surface area contributed by atoms with E-state index in [-0.39, 0.29) is 23.7 Å². The highest BCUT2D eigenvalue weighted by Gasteiger charge is 2.30. The van der Waals surface area contributed by atoms with Gasteiger partial charge in [-0.05, 0) is 37.1 Å². The Balaban J connectivity index is 2.03. The number of nitrogens with two attached hydrogens (primary N) is 1. The number of nitrogens with one attached hydrogen (secondary N) is 1. The molecule has 0 aromatic heterocycles. The largest absolute Gasteiger partial charge is 0.393 e. The van der Waals surface area contributed by atoms with Gasteiger partial charge in [0.2, 0.25) is 0 Å². The van der Waals surface area contributed by atoms with E-state index in [9.17, 15) is 9.18 Å². The van der Waals surface area contributed by atoms with Crippen molar-refractivity contribution in [1.29, 1.82) is 0 Å². The molecule has 1 saturated carbocycles. The number of thiocarbonyl (C=S) groups is 1. The molecule has 1 fully saturated rings. The fourth-order valence-electron chi connectivity index (χ4n) is 2.33. The van der Waals surface area contributed by atoms with E-state index in [1.807, 2.05) is 0 Å². The number of benzene rings is 1. The fourth-order valence-corrected chi connectivity index (χ4v) is 2.61. The van der Waals surface area contributed by atoms with E-state index >= 15 is 0 Å². The first kappa shape index (κ1) is 13.0. The Kier molecular flexibility index (Phi) is 3.91. The second-order valence-corrected chi connectivity index (χ2v) is 5.00. The predicted molar refractivity (Wildman–Crippen MR) is 71.8 cm³/mol. The van der Waals surface area contributed by atoms with Crippen molar-refractivity contribution < 1.29 is 9.18 Å². The van der Waals surface area contributed by atoms with E-state index in [1.54, 1.807) is 0 Å². The number of hydrogen-bond acceptors (Lipinski definition) is 2. The minimum absolute atomic E-state index is 0.0000491. The minimum Gasteiger partial charge on any atom is -0.393 e. The number of carbonyl (C=O) groups is 1. The fraction of sp³-hybridized carbons (Fsp3) is 0.385. The monoisotopic (exact) mass is 266 g/mol. The number of halogens is 1. The van der Waals surface area contributed by atoms with Crippen LogP contribution < -0.4 is 11.1 Å². The van der Waals surface area contributed by atoms with Gasteiger partial charge in [-0.15, -0.1) is 0 Å². The van der Waals surface area contributed by atoms with Crippen LogP contribution in [0.2, 0.25) is 0 Å². The minimum atomic E-state index is -0.353. The van der Waals surface area contributed by atoms with Gasteiger partial charge in [-0.1, -0.05) is 18.6 Å². The summed E-state index contributed by atoms with van der Waals surface area (Å²) in [6, 6.07) is 5.48. The van der Waals surface area contributed by atoms with Crippen LogP contribution in [0.3, 0.4) is 0 Å². The van der Waals surface area contributed by atoms with Gasteiger partial charge in [0.25, 0.3) is 5.91 Å². The maximum Gasteiger partial charge on any atom is 0.251 e. The van der Waals surface area contributed by atoms with E-state index in [4.69, 9.17) is 18.0 Å². The molecule has 2 atom stereocenters.